The van der Waals surface area contributed by atoms with Gasteiger partial charge in [0.2, 0.25) is 0 Å². The third kappa shape index (κ3) is 2.06. The van der Waals surface area contributed by atoms with E-state index in [4.69, 9.17) is 4.74 Å². The second kappa shape index (κ2) is 3.51. The standard InChI is InChI=1S/C7H9OS/c1-2-5-8-7-4-3-6-9-7/h3-4,6H,1-2,5H2. The monoisotopic (exact) mass is 141 g/mol. The first kappa shape index (κ1) is 6.62. The number of thiophene rings is 1. The smallest absolute Gasteiger partial charge is 0.173 e. The van der Waals surface area contributed by atoms with Gasteiger partial charge in [0, 0.05) is 0 Å². The Bertz CT molecular complexity index is 146. The Balaban J connectivity index is 2.30. The van der Waals surface area contributed by atoms with Crippen molar-refractivity contribution in [1.29, 1.82) is 0 Å². The van der Waals surface area contributed by atoms with E-state index >= 15 is 0 Å². The van der Waals surface area contributed by atoms with E-state index in [1.165, 1.54) is 0 Å². The zero-order chi connectivity index (χ0) is 6.53. The van der Waals surface area contributed by atoms with Gasteiger partial charge in [0.1, 0.15) is 0 Å². The van der Waals surface area contributed by atoms with E-state index in [9.17, 15) is 0 Å². The molecule has 49 valence electrons. The van der Waals surface area contributed by atoms with Crippen LogP contribution in [0.5, 0.6) is 5.06 Å². The van der Waals surface area contributed by atoms with Crippen molar-refractivity contribution in [3.05, 3.63) is 24.4 Å². The van der Waals surface area contributed by atoms with Crippen LogP contribution < -0.4 is 4.74 Å². The van der Waals surface area contributed by atoms with Crippen LogP contribution in [0.1, 0.15) is 6.42 Å². The van der Waals surface area contributed by atoms with Gasteiger partial charge in [-0.1, -0.05) is 0 Å². The quantitative estimate of drug-likeness (QED) is 0.627. The zero-order valence-corrected chi connectivity index (χ0v) is 5.99. The molecule has 0 atom stereocenters. The molecule has 1 nitrogen and oxygen atoms in total. The number of hydrogen-bond donors (Lipinski definition) is 0. The van der Waals surface area contributed by atoms with Gasteiger partial charge in [-0.2, -0.15) is 0 Å². The highest BCUT2D eigenvalue weighted by Crippen LogP contribution is 2.17. The average Bonchev–Trinajstić information content (AvgIpc) is 2.34. The molecule has 0 saturated carbocycles. The number of rotatable bonds is 3. The Kier molecular flexibility index (Phi) is 2.58. The molecule has 0 saturated heterocycles. The second-order valence-corrected chi connectivity index (χ2v) is 2.54. The summed E-state index contributed by atoms with van der Waals surface area (Å²) in [4.78, 5) is 0. The minimum absolute atomic E-state index is 0.723. The van der Waals surface area contributed by atoms with Crippen LogP contribution in [0, 0.1) is 6.92 Å². The summed E-state index contributed by atoms with van der Waals surface area (Å²) in [7, 11) is 0. The summed E-state index contributed by atoms with van der Waals surface area (Å²) in [6.45, 7) is 4.39. The zero-order valence-electron chi connectivity index (χ0n) is 5.17. The third-order valence-corrected chi connectivity index (χ3v) is 1.66. The van der Waals surface area contributed by atoms with Crippen LogP contribution in [-0.4, -0.2) is 6.61 Å². The first-order valence-electron chi connectivity index (χ1n) is 2.89. The molecule has 1 rings (SSSR count). The van der Waals surface area contributed by atoms with Gasteiger partial charge in [0.25, 0.3) is 0 Å². The maximum Gasteiger partial charge on any atom is 0.173 e. The van der Waals surface area contributed by atoms with Gasteiger partial charge >= 0.3 is 0 Å². The van der Waals surface area contributed by atoms with Crippen LogP contribution >= 0.6 is 11.3 Å². The van der Waals surface area contributed by atoms with Gasteiger partial charge in [0.15, 0.2) is 5.06 Å². The van der Waals surface area contributed by atoms with Crippen molar-refractivity contribution in [2.45, 2.75) is 6.42 Å². The van der Waals surface area contributed by atoms with Gasteiger partial charge in [-0.25, -0.2) is 0 Å². The Morgan fingerprint density at radius 3 is 3.11 bits per heavy atom. The lowest BCUT2D eigenvalue weighted by atomic mass is 10.5. The molecule has 1 heterocycles. The predicted molar refractivity (Wildman–Crippen MR) is 39.8 cm³/mol. The van der Waals surface area contributed by atoms with Gasteiger partial charge in [0.05, 0.1) is 6.61 Å². The fraction of sp³-hybridized carbons (Fsp3) is 0.286. The minimum atomic E-state index is 0.723. The van der Waals surface area contributed by atoms with E-state index < -0.39 is 0 Å². The van der Waals surface area contributed by atoms with Crippen molar-refractivity contribution in [2.24, 2.45) is 0 Å². The molecule has 0 N–H and O–H groups in total. The van der Waals surface area contributed by atoms with Crippen LogP contribution in [0.2, 0.25) is 0 Å². The average molecular weight is 141 g/mol. The lowest BCUT2D eigenvalue weighted by Crippen LogP contribution is -1.91. The minimum Gasteiger partial charge on any atom is -0.484 e. The van der Waals surface area contributed by atoms with Gasteiger partial charge < -0.3 is 4.74 Å². The molecule has 0 spiro atoms. The molecule has 0 aliphatic rings. The lowest BCUT2D eigenvalue weighted by Gasteiger charge is -1.97. The maximum atomic E-state index is 5.25. The van der Waals surface area contributed by atoms with Gasteiger partial charge in [-0.05, 0) is 30.9 Å². The summed E-state index contributed by atoms with van der Waals surface area (Å²) in [5.41, 5.74) is 0. The summed E-state index contributed by atoms with van der Waals surface area (Å²) in [5.74, 6) is 0. The fourth-order valence-corrected chi connectivity index (χ4v) is 1.12. The second-order valence-electron chi connectivity index (χ2n) is 1.63. The van der Waals surface area contributed by atoms with Gasteiger partial charge in [-0.15, -0.1) is 11.3 Å². The van der Waals surface area contributed by atoms with Crippen LogP contribution in [0.25, 0.3) is 0 Å². The van der Waals surface area contributed by atoms with Crippen molar-refractivity contribution in [1.82, 2.24) is 0 Å². The maximum absolute atomic E-state index is 5.25. The highest BCUT2D eigenvalue weighted by Gasteiger charge is 1.89. The molecule has 0 aliphatic heterocycles. The molecule has 1 aromatic rings. The van der Waals surface area contributed by atoms with E-state index in [0.29, 0.717) is 0 Å². The Morgan fingerprint density at radius 1 is 1.67 bits per heavy atom. The van der Waals surface area contributed by atoms with E-state index in [1.807, 2.05) is 17.5 Å². The molecule has 0 aliphatic carbocycles. The molecule has 2 heteroatoms. The number of ether oxygens (including phenoxy) is 1. The number of hydrogen-bond acceptors (Lipinski definition) is 2. The third-order valence-electron chi connectivity index (χ3n) is 0.884. The lowest BCUT2D eigenvalue weighted by molar-refractivity contribution is 0.334. The van der Waals surface area contributed by atoms with Crippen molar-refractivity contribution >= 4 is 11.3 Å². The largest absolute Gasteiger partial charge is 0.484 e. The summed E-state index contributed by atoms with van der Waals surface area (Å²) < 4.78 is 5.25. The van der Waals surface area contributed by atoms with Crippen LogP contribution in [-0.2, 0) is 0 Å². The first-order chi connectivity index (χ1) is 4.43. The van der Waals surface area contributed by atoms with Crippen molar-refractivity contribution in [3.63, 3.8) is 0 Å². The molecule has 0 fully saturated rings. The van der Waals surface area contributed by atoms with Crippen LogP contribution in [0.3, 0.4) is 0 Å². The molecular weight excluding hydrogens is 132 g/mol. The summed E-state index contributed by atoms with van der Waals surface area (Å²) >= 11 is 1.61. The van der Waals surface area contributed by atoms with Gasteiger partial charge in [-0.3, -0.25) is 0 Å². The van der Waals surface area contributed by atoms with Crippen LogP contribution in [0.15, 0.2) is 17.5 Å². The molecule has 0 unspecified atom stereocenters. The van der Waals surface area contributed by atoms with E-state index in [2.05, 4.69) is 6.92 Å². The van der Waals surface area contributed by atoms with Crippen LogP contribution in [0.4, 0.5) is 0 Å². The fourth-order valence-electron chi connectivity index (χ4n) is 0.518. The van der Waals surface area contributed by atoms with E-state index in [0.717, 1.165) is 18.1 Å². The normalized spacial score (nSPS) is 9.44. The Labute approximate surface area is 59.3 Å². The molecule has 0 aromatic carbocycles. The molecule has 9 heavy (non-hydrogen) atoms. The Morgan fingerprint density at radius 2 is 2.56 bits per heavy atom. The summed E-state index contributed by atoms with van der Waals surface area (Å²) in [6, 6.07) is 3.93. The molecular formula is C7H9OS. The molecule has 1 aromatic heterocycles. The Hall–Kier alpha value is -0.500. The van der Waals surface area contributed by atoms with Crippen molar-refractivity contribution < 1.29 is 4.74 Å². The predicted octanol–water partition coefficient (Wildman–Crippen LogP) is 2.35. The molecule has 0 bridgehead atoms. The molecule has 0 amide bonds. The highest BCUT2D eigenvalue weighted by atomic mass is 32.1. The highest BCUT2D eigenvalue weighted by molar-refractivity contribution is 7.11. The summed E-state index contributed by atoms with van der Waals surface area (Å²) in [6.07, 6.45) is 0.831. The van der Waals surface area contributed by atoms with Crippen molar-refractivity contribution in [3.8, 4) is 5.06 Å². The van der Waals surface area contributed by atoms with Crippen molar-refractivity contribution in [2.75, 3.05) is 6.61 Å². The van der Waals surface area contributed by atoms with E-state index in [1.54, 1.807) is 11.3 Å². The van der Waals surface area contributed by atoms with E-state index in [-0.39, 0.29) is 0 Å². The summed E-state index contributed by atoms with van der Waals surface area (Å²) in [5, 5.41) is 2.98. The SMILES string of the molecule is [CH2]CCOc1cccs1. The first-order valence-corrected chi connectivity index (χ1v) is 3.77. The molecule has 1 radical (unpaired) electrons. The topological polar surface area (TPSA) is 9.23 Å².